The van der Waals surface area contributed by atoms with Crippen LogP contribution in [0.25, 0.3) is 0 Å². The molecule has 0 saturated carbocycles. The van der Waals surface area contributed by atoms with Crippen LogP contribution >= 0.6 is 0 Å². The Hall–Kier alpha value is -2.79. The normalized spacial score (nSPS) is 11.1. The Morgan fingerprint density at radius 1 is 0.800 bits per heavy atom. The van der Waals surface area contributed by atoms with E-state index in [2.05, 4.69) is 21.8 Å². The maximum absolute atomic E-state index is 12.3. The van der Waals surface area contributed by atoms with Gasteiger partial charge in [-0.2, -0.15) is 0 Å². The van der Waals surface area contributed by atoms with E-state index in [4.69, 9.17) is 0 Å². The number of nitrogens with zero attached hydrogens (tertiary/aromatic N) is 1. The first-order valence-electron chi connectivity index (χ1n) is 7.97. The molecule has 4 nitrogen and oxygen atoms in total. The van der Waals surface area contributed by atoms with Gasteiger partial charge >= 0.3 is 0 Å². The molecule has 3 aromatic rings. The van der Waals surface area contributed by atoms with Crippen molar-refractivity contribution in [2.24, 2.45) is 0 Å². The van der Waals surface area contributed by atoms with Crippen LogP contribution in [-0.4, -0.2) is 15.5 Å². The Bertz CT molecular complexity index is 909. The molecule has 0 saturated heterocycles. The van der Waals surface area contributed by atoms with E-state index in [9.17, 15) is 8.42 Å². The van der Waals surface area contributed by atoms with E-state index in [0.29, 0.717) is 5.69 Å². The zero-order chi connectivity index (χ0) is 17.7. The Morgan fingerprint density at radius 3 is 1.96 bits per heavy atom. The molecule has 1 N–H and O–H groups in total. The molecule has 0 aliphatic heterocycles. The van der Waals surface area contributed by atoms with Crippen LogP contribution < -0.4 is 9.62 Å². The standard InChI is InChI=1S/C20H20N2O2S/c1-22(16-17-8-4-2-5-9-17)19-14-12-18(13-15-19)21-25(23,24)20-10-6-3-7-11-20/h2-15,21H,16H2,1H3. The van der Waals surface area contributed by atoms with Crippen LogP contribution in [-0.2, 0) is 16.6 Å². The van der Waals surface area contributed by atoms with Crippen LogP contribution in [0.1, 0.15) is 5.56 Å². The Kier molecular flexibility index (Phi) is 5.05. The lowest BCUT2D eigenvalue weighted by atomic mass is 10.2. The quantitative estimate of drug-likeness (QED) is 0.726. The summed E-state index contributed by atoms with van der Waals surface area (Å²) in [6, 6.07) is 25.9. The molecule has 128 valence electrons. The lowest BCUT2D eigenvalue weighted by Gasteiger charge is -2.20. The van der Waals surface area contributed by atoms with Gasteiger partial charge in [0.2, 0.25) is 0 Å². The maximum atomic E-state index is 12.3. The number of rotatable bonds is 6. The highest BCUT2D eigenvalue weighted by Gasteiger charge is 2.13. The van der Waals surface area contributed by atoms with Crippen molar-refractivity contribution in [1.29, 1.82) is 0 Å². The van der Waals surface area contributed by atoms with Crippen LogP contribution in [0.5, 0.6) is 0 Å². The number of benzene rings is 3. The summed E-state index contributed by atoms with van der Waals surface area (Å²) in [6.45, 7) is 0.788. The molecule has 0 heterocycles. The summed E-state index contributed by atoms with van der Waals surface area (Å²) in [7, 11) is -1.55. The average molecular weight is 352 g/mol. The highest BCUT2D eigenvalue weighted by molar-refractivity contribution is 7.92. The van der Waals surface area contributed by atoms with Crippen molar-refractivity contribution in [2.75, 3.05) is 16.7 Å². The van der Waals surface area contributed by atoms with Crippen molar-refractivity contribution in [3.8, 4) is 0 Å². The van der Waals surface area contributed by atoms with Crippen LogP contribution in [0.3, 0.4) is 0 Å². The lowest BCUT2D eigenvalue weighted by molar-refractivity contribution is 0.601. The fraction of sp³-hybridized carbons (Fsp3) is 0.100. The summed E-state index contributed by atoms with van der Waals surface area (Å²) in [5, 5.41) is 0. The van der Waals surface area contributed by atoms with Crippen molar-refractivity contribution in [3.05, 3.63) is 90.5 Å². The second kappa shape index (κ2) is 7.40. The summed E-state index contributed by atoms with van der Waals surface area (Å²) in [6.07, 6.45) is 0. The lowest BCUT2D eigenvalue weighted by Crippen LogP contribution is -2.16. The van der Waals surface area contributed by atoms with Gasteiger partial charge in [-0.25, -0.2) is 8.42 Å². The molecule has 0 spiro atoms. The van der Waals surface area contributed by atoms with E-state index in [0.717, 1.165) is 12.2 Å². The molecule has 3 rings (SSSR count). The first kappa shape index (κ1) is 17.0. The maximum Gasteiger partial charge on any atom is 0.261 e. The molecule has 0 fully saturated rings. The molecular formula is C20H20N2O2S. The number of hydrogen-bond donors (Lipinski definition) is 1. The van der Waals surface area contributed by atoms with Gasteiger partial charge in [-0.3, -0.25) is 4.72 Å². The second-order valence-corrected chi connectivity index (χ2v) is 7.49. The van der Waals surface area contributed by atoms with E-state index in [1.807, 2.05) is 37.4 Å². The third kappa shape index (κ3) is 4.39. The molecule has 0 aromatic heterocycles. The van der Waals surface area contributed by atoms with Gasteiger partial charge < -0.3 is 4.90 Å². The predicted octanol–water partition coefficient (Wildman–Crippen LogP) is 4.12. The van der Waals surface area contributed by atoms with Crippen LogP contribution in [0.2, 0.25) is 0 Å². The van der Waals surface area contributed by atoms with Gasteiger partial charge in [-0.15, -0.1) is 0 Å². The number of hydrogen-bond acceptors (Lipinski definition) is 3. The zero-order valence-electron chi connectivity index (χ0n) is 14.0. The number of sulfonamides is 1. The van der Waals surface area contributed by atoms with Crippen molar-refractivity contribution < 1.29 is 8.42 Å². The monoisotopic (exact) mass is 352 g/mol. The van der Waals surface area contributed by atoms with Crippen molar-refractivity contribution in [3.63, 3.8) is 0 Å². The van der Waals surface area contributed by atoms with Gasteiger partial charge in [0.1, 0.15) is 0 Å². The first-order valence-corrected chi connectivity index (χ1v) is 9.46. The summed E-state index contributed by atoms with van der Waals surface area (Å²) < 4.78 is 27.3. The second-order valence-electron chi connectivity index (χ2n) is 5.81. The minimum atomic E-state index is -3.56. The average Bonchev–Trinajstić information content (AvgIpc) is 2.63. The Morgan fingerprint density at radius 2 is 1.36 bits per heavy atom. The van der Waals surface area contributed by atoms with E-state index >= 15 is 0 Å². The summed E-state index contributed by atoms with van der Waals surface area (Å²) in [5.74, 6) is 0. The van der Waals surface area contributed by atoms with E-state index < -0.39 is 10.0 Å². The first-order chi connectivity index (χ1) is 12.0. The third-order valence-corrected chi connectivity index (χ3v) is 5.27. The third-order valence-electron chi connectivity index (χ3n) is 3.88. The van der Waals surface area contributed by atoms with E-state index in [1.54, 1.807) is 42.5 Å². The van der Waals surface area contributed by atoms with Gasteiger partial charge in [-0.05, 0) is 42.0 Å². The van der Waals surface area contributed by atoms with Gasteiger partial charge in [0.05, 0.1) is 4.90 Å². The van der Waals surface area contributed by atoms with E-state index in [1.165, 1.54) is 5.56 Å². The van der Waals surface area contributed by atoms with Gasteiger partial charge in [0.15, 0.2) is 0 Å². The molecule has 0 bridgehead atoms. The van der Waals surface area contributed by atoms with Crippen molar-refractivity contribution >= 4 is 21.4 Å². The van der Waals surface area contributed by atoms with Crippen LogP contribution in [0.4, 0.5) is 11.4 Å². The SMILES string of the molecule is CN(Cc1ccccc1)c1ccc(NS(=O)(=O)c2ccccc2)cc1. The molecule has 0 aliphatic carbocycles. The smallest absolute Gasteiger partial charge is 0.261 e. The number of nitrogens with one attached hydrogen (secondary N) is 1. The molecule has 25 heavy (non-hydrogen) atoms. The largest absolute Gasteiger partial charge is 0.370 e. The topological polar surface area (TPSA) is 49.4 Å². The van der Waals surface area contributed by atoms with E-state index in [-0.39, 0.29) is 4.90 Å². The number of anilines is 2. The van der Waals surface area contributed by atoms with Gasteiger partial charge in [0, 0.05) is 25.0 Å². The molecular weight excluding hydrogens is 332 g/mol. The highest BCUT2D eigenvalue weighted by atomic mass is 32.2. The fourth-order valence-corrected chi connectivity index (χ4v) is 3.63. The Balaban J connectivity index is 1.70. The van der Waals surface area contributed by atoms with Crippen molar-refractivity contribution in [2.45, 2.75) is 11.4 Å². The van der Waals surface area contributed by atoms with Gasteiger partial charge in [-0.1, -0.05) is 48.5 Å². The summed E-state index contributed by atoms with van der Waals surface area (Å²) in [5.41, 5.74) is 2.78. The van der Waals surface area contributed by atoms with Crippen LogP contribution in [0, 0.1) is 0 Å². The molecule has 5 heteroatoms. The molecule has 0 unspecified atom stereocenters. The van der Waals surface area contributed by atoms with Gasteiger partial charge in [0.25, 0.3) is 10.0 Å². The minimum Gasteiger partial charge on any atom is -0.370 e. The molecule has 0 radical (unpaired) electrons. The van der Waals surface area contributed by atoms with Crippen molar-refractivity contribution in [1.82, 2.24) is 0 Å². The summed E-state index contributed by atoms with van der Waals surface area (Å²) in [4.78, 5) is 2.37. The molecule has 0 aliphatic rings. The fourth-order valence-electron chi connectivity index (χ4n) is 2.55. The zero-order valence-corrected chi connectivity index (χ0v) is 14.8. The molecule has 0 atom stereocenters. The molecule has 3 aromatic carbocycles. The Labute approximate surface area is 148 Å². The summed E-state index contributed by atoms with van der Waals surface area (Å²) >= 11 is 0. The highest BCUT2D eigenvalue weighted by Crippen LogP contribution is 2.21. The minimum absolute atomic E-state index is 0.250. The van der Waals surface area contributed by atoms with Crippen LogP contribution in [0.15, 0.2) is 89.8 Å². The molecule has 0 amide bonds. The predicted molar refractivity (Wildman–Crippen MR) is 102 cm³/mol.